The number of methoxy groups -OCH3 is 1. The molecule has 0 unspecified atom stereocenters. The maximum Gasteiger partial charge on any atom is 0.231 e. The fourth-order valence-electron chi connectivity index (χ4n) is 5.12. The number of pyridine rings is 1. The number of halogens is 1. The number of nitrogens with one attached hydrogen (secondary N) is 1. The molecule has 3 aliphatic rings. The van der Waals surface area contributed by atoms with Crippen molar-refractivity contribution in [2.24, 2.45) is 0 Å². The predicted octanol–water partition coefficient (Wildman–Crippen LogP) is 0.226. The van der Waals surface area contributed by atoms with E-state index in [1.54, 1.807) is 7.11 Å². The SMILES string of the molecule is COc1ccc2cc3[n+](cc2c1NCCCN1CCOCC1)CCc1cc2c(cc1-3)OCO2.[Cl-]. The van der Waals surface area contributed by atoms with Gasteiger partial charge in [0.15, 0.2) is 24.2 Å². The van der Waals surface area contributed by atoms with Gasteiger partial charge < -0.3 is 36.7 Å². The number of hydrogen-bond donors (Lipinski definition) is 1. The van der Waals surface area contributed by atoms with Crippen LogP contribution in [-0.2, 0) is 17.7 Å². The highest BCUT2D eigenvalue weighted by Crippen LogP contribution is 2.41. The zero-order valence-electron chi connectivity index (χ0n) is 19.4. The first kappa shape index (κ1) is 23.0. The van der Waals surface area contributed by atoms with Crippen molar-refractivity contribution in [2.45, 2.75) is 19.4 Å². The summed E-state index contributed by atoms with van der Waals surface area (Å²) in [5, 5.41) is 6.06. The van der Waals surface area contributed by atoms with E-state index in [1.807, 2.05) is 0 Å². The standard InChI is InChI=1S/C26H29N3O4.ClH/c1-30-23-4-3-18-13-22-20-15-25-24(32-17-33-25)14-19(20)5-8-29(22)16-21(18)26(23)27-6-2-7-28-9-11-31-12-10-28;/h3-4,13-16H,2,5-12,17H2,1H3;1H. The summed E-state index contributed by atoms with van der Waals surface area (Å²) in [5.74, 6) is 2.57. The van der Waals surface area contributed by atoms with Gasteiger partial charge in [-0.1, -0.05) is 6.07 Å². The lowest BCUT2D eigenvalue weighted by atomic mass is 9.95. The predicted molar refractivity (Wildman–Crippen MR) is 126 cm³/mol. The summed E-state index contributed by atoms with van der Waals surface area (Å²) in [6.45, 7) is 6.98. The maximum atomic E-state index is 5.72. The van der Waals surface area contributed by atoms with Gasteiger partial charge >= 0.3 is 0 Å². The monoisotopic (exact) mass is 483 g/mol. The highest BCUT2D eigenvalue weighted by molar-refractivity contribution is 5.97. The minimum absolute atomic E-state index is 0. The normalized spacial score (nSPS) is 16.5. The number of aryl methyl sites for hydroxylation is 2. The fraction of sp³-hybridized carbons (Fsp3) is 0.423. The Morgan fingerprint density at radius 3 is 2.74 bits per heavy atom. The maximum absolute atomic E-state index is 5.72. The lowest BCUT2D eigenvalue weighted by Crippen LogP contribution is -3.00. The van der Waals surface area contributed by atoms with Gasteiger partial charge in [0.05, 0.1) is 37.0 Å². The van der Waals surface area contributed by atoms with E-state index in [9.17, 15) is 0 Å². The van der Waals surface area contributed by atoms with Crippen LogP contribution in [0.4, 0.5) is 5.69 Å². The molecule has 1 N–H and O–H groups in total. The smallest absolute Gasteiger partial charge is 0.231 e. The molecule has 0 amide bonds. The molecule has 8 heteroatoms. The van der Waals surface area contributed by atoms with Crippen molar-refractivity contribution in [3.63, 3.8) is 0 Å². The minimum Gasteiger partial charge on any atom is -1.00 e. The third-order valence-corrected chi connectivity index (χ3v) is 6.90. The molecule has 1 saturated heterocycles. The van der Waals surface area contributed by atoms with Crippen molar-refractivity contribution in [2.75, 3.05) is 58.6 Å². The number of nitrogens with zero attached hydrogens (tertiary/aromatic N) is 2. The molecule has 6 rings (SSSR count). The summed E-state index contributed by atoms with van der Waals surface area (Å²) < 4.78 is 24.8. The van der Waals surface area contributed by atoms with Gasteiger partial charge in [0.2, 0.25) is 12.5 Å². The zero-order chi connectivity index (χ0) is 22.2. The molecule has 1 aromatic heterocycles. The van der Waals surface area contributed by atoms with Crippen molar-refractivity contribution >= 4 is 16.5 Å². The fourth-order valence-corrected chi connectivity index (χ4v) is 5.12. The molecule has 34 heavy (non-hydrogen) atoms. The minimum atomic E-state index is 0. The molecule has 4 heterocycles. The lowest BCUT2D eigenvalue weighted by molar-refractivity contribution is -0.686. The van der Waals surface area contributed by atoms with Crippen LogP contribution in [0.3, 0.4) is 0 Å². The van der Waals surface area contributed by atoms with Crippen LogP contribution in [0.1, 0.15) is 12.0 Å². The van der Waals surface area contributed by atoms with Gasteiger partial charge in [-0.05, 0) is 42.1 Å². The zero-order valence-corrected chi connectivity index (χ0v) is 20.2. The van der Waals surface area contributed by atoms with Crippen molar-refractivity contribution < 1.29 is 35.9 Å². The average Bonchev–Trinajstić information content (AvgIpc) is 3.32. The Morgan fingerprint density at radius 1 is 1.09 bits per heavy atom. The van der Waals surface area contributed by atoms with Crippen LogP contribution in [0.5, 0.6) is 17.2 Å². The van der Waals surface area contributed by atoms with Crippen LogP contribution < -0.4 is 36.5 Å². The summed E-state index contributed by atoms with van der Waals surface area (Å²) in [4.78, 5) is 2.47. The Balaban J connectivity index is 0.00000241. The van der Waals surface area contributed by atoms with Crippen LogP contribution in [-0.4, -0.2) is 58.2 Å². The first-order chi connectivity index (χ1) is 16.3. The lowest BCUT2D eigenvalue weighted by Gasteiger charge is -2.26. The topological polar surface area (TPSA) is 56.1 Å². The van der Waals surface area contributed by atoms with Gasteiger partial charge in [0, 0.05) is 32.1 Å². The first-order valence-electron chi connectivity index (χ1n) is 11.8. The molecule has 0 saturated carbocycles. The Morgan fingerprint density at radius 2 is 1.91 bits per heavy atom. The third-order valence-electron chi connectivity index (χ3n) is 6.90. The van der Waals surface area contributed by atoms with E-state index < -0.39 is 0 Å². The van der Waals surface area contributed by atoms with Crippen LogP contribution >= 0.6 is 0 Å². The van der Waals surface area contributed by atoms with Gasteiger partial charge in [0.1, 0.15) is 5.75 Å². The summed E-state index contributed by atoms with van der Waals surface area (Å²) in [7, 11) is 1.74. The molecule has 2 aromatic carbocycles. The molecule has 0 radical (unpaired) electrons. The number of aromatic nitrogens is 1. The van der Waals surface area contributed by atoms with Crippen LogP contribution in [0.25, 0.3) is 22.0 Å². The first-order valence-corrected chi connectivity index (χ1v) is 11.8. The van der Waals surface area contributed by atoms with Crippen LogP contribution in [0.2, 0.25) is 0 Å². The van der Waals surface area contributed by atoms with E-state index in [0.717, 1.165) is 81.7 Å². The number of benzene rings is 2. The van der Waals surface area contributed by atoms with Gasteiger partial charge in [-0.25, -0.2) is 0 Å². The number of hydrogen-bond acceptors (Lipinski definition) is 6. The summed E-state index contributed by atoms with van der Waals surface area (Å²) in [5.41, 5.74) is 4.83. The molecule has 0 bridgehead atoms. The number of ether oxygens (including phenoxy) is 4. The molecule has 3 aromatic rings. The van der Waals surface area contributed by atoms with Crippen molar-refractivity contribution in [3.8, 4) is 28.5 Å². The average molecular weight is 484 g/mol. The Kier molecular flexibility index (Phi) is 6.68. The Labute approximate surface area is 206 Å². The highest BCUT2D eigenvalue weighted by Gasteiger charge is 2.28. The number of anilines is 1. The molecule has 0 aliphatic carbocycles. The Hall–Kier alpha value is -2.74. The Bertz CT molecular complexity index is 1200. The van der Waals surface area contributed by atoms with Gasteiger partial charge in [-0.3, -0.25) is 4.90 Å². The van der Waals surface area contributed by atoms with Crippen molar-refractivity contribution in [1.82, 2.24) is 4.90 Å². The van der Waals surface area contributed by atoms with Crippen molar-refractivity contribution in [1.29, 1.82) is 0 Å². The molecular formula is C26H30ClN3O4. The van der Waals surface area contributed by atoms with Gasteiger partial charge in [-0.2, -0.15) is 4.57 Å². The van der Waals surface area contributed by atoms with Gasteiger partial charge in [0.25, 0.3) is 0 Å². The second kappa shape index (κ2) is 9.86. The van der Waals surface area contributed by atoms with E-state index in [1.165, 1.54) is 27.6 Å². The molecule has 0 spiro atoms. The molecule has 3 aliphatic heterocycles. The highest BCUT2D eigenvalue weighted by atomic mass is 35.5. The quantitative estimate of drug-likeness (QED) is 0.400. The number of rotatable bonds is 6. The van der Waals surface area contributed by atoms with Crippen LogP contribution in [0, 0.1) is 0 Å². The summed E-state index contributed by atoms with van der Waals surface area (Å²) >= 11 is 0. The number of fused-ring (bicyclic) bond motifs is 5. The second-order valence-electron chi connectivity index (χ2n) is 8.84. The largest absolute Gasteiger partial charge is 1.00 e. The third kappa shape index (κ3) is 4.24. The van der Waals surface area contributed by atoms with E-state index in [4.69, 9.17) is 18.9 Å². The van der Waals surface area contributed by atoms with Gasteiger partial charge in [-0.15, -0.1) is 0 Å². The molecule has 7 nitrogen and oxygen atoms in total. The van der Waals surface area contributed by atoms with E-state index in [-0.39, 0.29) is 12.4 Å². The summed E-state index contributed by atoms with van der Waals surface area (Å²) in [6, 6.07) is 10.8. The van der Waals surface area contributed by atoms with E-state index in [0.29, 0.717) is 6.79 Å². The molecule has 180 valence electrons. The van der Waals surface area contributed by atoms with Crippen LogP contribution in [0.15, 0.2) is 36.5 Å². The molecule has 1 fully saturated rings. The number of morpholine rings is 1. The van der Waals surface area contributed by atoms with Crippen molar-refractivity contribution in [3.05, 3.63) is 42.1 Å². The van der Waals surface area contributed by atoms with E-state index in [2.05, 4.69) is 51.3 Å². The molecular weight excluding hydrogens is 454 g/mol. The van der Waals surface area contributed by atoms with E-state index >= 15 is 0 Å². The summed E-state index contributed by atoms with van der Waals surface area (Å²) in [6.07, 6.45) is 4.32. The molecule has 0 atom stereocenters. The second-order valence-corrected chi connectivity index (χ2v) is 8.84.